The van der Waals surface area contributed by atoms with Crippen molar-refractivity contribution < 1.29 is 19.4 Å². The Hall–Kier alpha value is -3.60. The quantitative estimate of drug-likeness (QED) is 0.723. The van der Waals surface area contributed by atoms with E-state index in [0.29, 0.717) is 5.69 Å². The number of hydrogen-bond donors (Lipinski definition) is 1. The summed E-state index contributed by atoms with van der Waals surface area (Å²) < 4.78 is 5.68. The first kappa shape index (κ1) is 17.5. The number of carbonyl (C=O) groups is 2. The second kappa shape index (κ2) is 6.78. The van der Waals surface area contributed by atoms with Crippen molar-refractivity contribution in [3.8, 4) is 11.1 Å². The van der Waals surface area contributed by atoms with E-state index in [1.165, 1.54) is 4.90 Å². The second-order valence-electron chi connectivity index (χ2n) is 7.36. The maximum atomic E-state index is 12.9. The second-order valence-corrected chi connectivity index (χ2v) is 7.36. The molecule has 5 heteroatoms. The number of ether oxygens (including phenoxy) is 1. The molecule has 1 N–H and O–H groups in total. The van der Waals surface area contributed by atoms with Gasteiger partial charge in [-0.05, 0) is 33.9 Å². The Kier molecular flexibility index (Phi) is 4.09. The summed E-state index contributed by atoms with van der Waals surface area (Å²) in [5, 5.41) is 9.60. The van der Waals surface area contributed by atoms with Gasteiger partial charge in [-0.2, -0.15) is 0 Å². The number of aliphatic carboxylic acids is 1. The fourth-order valence-corrected chi connectivity index (χ4v) is 4.47. The number of benzene rings is 3. The Labute approximate surface area is 168 Å². The maximum absolute atomic E-state index is 12.9. The SMILES string of the molecule is O=C(O)C1Cc2ccccc2N1C(=O)OCC1c2ccccc2-c2ccccc21. The molecule has 0 fully saturated rings. The lowest BCUT2D eigenvalue weighted by Crippen LogP contribution is -2.43. The van der Waals surface area contributed by atoms with Crippen LogP contribution in [0.5, 0.6) is 0 Å². The summed E-state index contributed by atoms with van der Waals surface area (Å²) in [7, 11) is 0. The van der Waals surface area contributed by atoms with E-state index in [0.717, 1.165) is 27.8 Å². The molecule has 1 atom stereocenters. The number of para-hydroxylation sites is 1. The van der Waals surface area contributed by atoms with Crippen LogP contribution in [-0.2, 0) is 16.0 Å². The predicted molar refractivity (Wildman–Crippen MR) is 109 cm³/mol. The van der Waals surface area contributed by atoms with Crippen LogP contribution in [0.1, 0.15) is 22.6 Å². The lowest BCUT2D eigenvalue weighted by atomic mass is 9.98. The molecule has 29 heavy (non-hydrogen) atoms. The zero-order valence-electron chi connectivity index (χ0n) is 15.6. The van der Waals surface area contributed by atoms with Crippen molar-refractivity contribution in [2.45, 2.75) is 18.4 Å². The average Bonchev–Trinajstić information content (AvgIpc) is 3.29. The number of carbonyl (C=O) groups excluding carboxylic acids is 1. The molecule has 0 saturated heterocycles. The highest BCUT2D eigenvalue weighted by Crippen LogP contribution is 2.44. The van der Waals surface area contributed by atoms with Gasteiger partial charge in [0.25, 0.3) is 0 Å². The molecule has 0 saturated carbocycles. The minimum absolute atomic E-state index is 0.0625. The van der Waals surface area contributed by atoms with Crippen LogP contribution in [0.15, 0.2) is 72.8 Å². The van der Waals surface area contributed by atoms with Crippen LogP contribution < -0.4 is 4.90 Å². The summed E-state index contributed by atoms with van der Waals surface area (Å²) in [4.78, 5) is 25.9. The highest BCUT2D eigenvalue weighted by Gasteiger charge is 2.40. The number of amides is 1. The highest BCUT2D eigenvalue weighted by atomic mass is 16.6. The topological polar surface area (TPSA) is 66.8 Å². The number of fused-ring (bicyclic) bond motifs is 4. The van der Waals surface area contributed by atoms with Gasteiger partial charge in [-0.15, -0.1) is 0 Å². The zero-order chi connectivity index (χ0) is 20.0. The standard InChI is InChI=1S/C24H19NO4/c26-23(27)22-13-15-7-1-6-12-21(15)25(22)24(28)29-14-20-18-10-4-2-8-16(18)17-9-3-5-11-19(17)20/h1-12,20,22H,13-14H2,(H,26,27). The van der Waals surface area contributed by atoms with E-state index in [1.54, 1.807) is 12.1 Å². The Balaban J connectivity index is 1.42. The average molecular weight is 385 g/mol. The number of nitrogens with zero attached hydrogens (tertiary/aromatic N) is 1. The third kappa shape index (κ3) is 2.78. The van der Waals surface area contributed by atoms with E-state index in [9.17, 15) is 14.7 Å². The molecule has 1 aliphatic carbocycles. The van der Waals surface area contributed by atoms with E-state index in [-0.39, 0.29) is 18.9 Å². The van der Waals surface area contributed by atoms with E-state index in [2.05, 4.69) is 24.3 Å². The van der Waals surface area contributed by atoms with Gasteiger partial charge in [0, 0.05) is 12.3 Å². The molecule has 3 aromatic rings. The molecule has 3 aromatic carbocycles. The summed E-state index contributed by atoms with van der Waals surface area (Å²) >= 11 is 0. The molecule has 1 aliphatic heterocycles. The van der Waals surface area contributed by atoms with Gasteiger partial charge in [0.1, 0.15) is 12.6 Å². The lowest BCUT2D eigenvalue weighted by Gasteiger charge is -2.23. The molecular weight excluding hydrogens is 366 g/mol. The zero-order valence-corrected chi connectivity index (χ0v) is 15.6. The van der Waals surface area contributed by atoms with Crippen molar-refractivity contribution in [3.05, 3.63) is 89.5 Å². The van der Waals surface area contributed by atoms with Gasteiger partial charge in [-0.1, -0.05) is 66.7 Å². The van der Waals surface area contributed by atoms with Gasteiger partial charge in [0.15, 0.2) is 0 Å². The van der Waals surface area contributed by atoms with Crippen molar-refractivity contribution in [1.82, 2.24) is 0 Å². The first-order valence-electron chi connectivity index (χ1n) is 9.60. The summed E-state index contributed by atoms with van der Waals surface area (Å²) in [6, 6.07) is 22.5. The van der Waals surface area contributed by atoms with Gasteiger partial charge in [-0.3, -0.25) is 4.90 Å². The molecule has 5 rings (SSSR count). The van der Waals surface area contributed by atoms with Gasteiger partial charge >= 0.3 is 12.1 Å². The van der Waals surface area contributed by atoms with E-state index < -0.39 is 18.1 Å². The number of hydrogen-bond acceptors (Lipinski definition) is 3. The monoisotopic (exact) mass is 385 g/mol. The van der Waals surface area contributed by atoms with Gasteiger partial charge < -0.3 is 9.84 Å². The molecule has 0 radical (unpaired) electrons. The van der Waals surface area contributed by atoms with E-state index in [1.807, 2.05) is 36.4 Å². The lowest BCUT2D eigenvalue weighted by molar-refractivity contribution is -0.138. The fourth-order valence-electron chi connectivity index (χ4n) is 4.47. The van der Waals surface area contributed by atoms with Gasteiger partial charge in [0.05, 0.1) is 5.69 Å². The molecule has 1 amide bonds. The first-order chi connectivity index (χ1) is 14.1. The predicted octanol–water partition coefficient (Wildman–Crippen LogP) is 4.45. The molecule has 2 aliphatic rings. The maximum Gasteiger partial charge on any atom is 0.415 e. The molecule has 5 nitrogen and oxygen atoms in total. The van der Waals surface area contributed by atoms with E-state index in [4.69, 9.17) is 4.74 Å². The smallest absolute Gasteiger partial charge is 0.415 e. The third-order valence-electron chi connectivity index (χ3n) is 5.79. The van der Waals surface area contributed by atoms with Crippen LogP contribution in [0.3, 0.4) is 0 Å². The number of rotatable bonds is 3. The van der Waals surface area contributed by atoms with Crippen molar-refractivity contribution in [2.75, 3.05) is 11.5 Å². The Morgan fingerprint density at radius 1 is 0.897 bits per heavy atom. The molecule has 0 aromatic heterocycles. The minimum atomic E-state index is -1.03. The summed E-state index contributed by atoms with van der Waals surface area (Å²) in [5.74, 6) is -1.10. The first-order valence-corrected chi connectivity index (χ1v) is 9.60. The summed E-state index contributed by atoms with van der Waals surface area (Å²) in [6.07, 6.45) is -0.334. The van der Waals surface area contributed by atoms with Crippen molar-refractivity contribution in [3.63, 3.8) is 0 Å². The summed E-state index contributed by atoms with van der Waals surface area (Å²) in [5.41, 5.74) is 6.00. The molecule has 0 spiro atoms. The van der Waals surface area contributed by atoms with Crippen molar-refractivity contribution in [1.29, 1.82) is 0 Å². The van der Waals surface area contributed by atoms with Gasteiger partial charge in [0.2, 0.25) is 0 Å². The van der Waals surface area contributed by atoms with Crippen molar-refractivity contribution >= 4 is 17.7 Å². The van der Waals surface area contributed by atoms with E-state index >= 15 is 0 Å². The highest BCUT2D eigenvalue weighted by molar-refractivity contribution is 5.98. The summed E-state index contributed by atoms with van der Waals surface area (Å²) in [6.45, 7) is 0.165. The van der Waals surface area contributed by atoms with Crippen LogP contribution in [-0.4, -0.2) is 29.8 Å². The molecular formula is C24H19NO4. The van der Waals surface area contributed by atoms with Gasteiger partial charge in [-0.25, -0.2) is 9.59 Å². The Bertz CT molecular complexity index is 1080. The number of carboxylic acids is 1. The van der Waals surface area contributed by atoms with Crippen LogP contribution in [0.2, 0.25) is 0 Å². The van der Waals surface area contributed by atoms with Crippen LogP contribution in [0.4, 0.5) is 10.5 Å². The normalized spacial score (nSPS) is 16.8. The van der Waals surface area contributed by atoms with Crippen LogP contribution in [0.25, 0.3) is 11.1 Å². The fraction of sp³-hybridized carbons (Fsp3) is 0.167. The molecule has 1 heterocycles. The Morgan fingerprint density at radius 3 is 2.14 bits per heavy atom. The number of carboxylic acid groups (broad SMARTS) is 1. The largest absolute Gasteiger partial charge is 0.480 e. The van der Waals surface area contributed by atoms with Crippen LogP contribution >= 0.6 is 0 Å². The van der Waals surface area contributed by atoms with Crippen LogP contribution in [0, 0.1) is 0 Å². The minimum Gasteiger partial charge on any atom is -0.480 e. The molecule has 1 unspecified atom stereocenters. The molecule has 0 bridgehead atoms. The third-order valence-corrected chi connectivity index (χ3v) is 5.79. The number of anilines is 1. The van der Waals surface area contributed by atoms with Crippen molar-refractivity contribution in [2.24, 2.45) is 0 Å². The molecule has 144 valence electrons. The Morgan fingerprint density at radius 2 is 1.48 bits per heavy atom.